The first-order valence-corrected chi connectivity index (χ1v) is 8.83. The minimum absolute atomic E-state index is 0.806. The minimum Gasteiger partial charge on any atom is -0.330 e. The lowest BCUT2D eigenvalue weighted by Crippen LogP contribution is -2.39. The quantitative estimate of drug-likeness (QED) is 0.633. The van der Waals surface area contributed by atoms with Gasteiger partial charge in [-0.3, -0.25) is 4.90 Å². The van der Waals surface area contributed by atoms with Crippen LogP contribution in [0.5, 0.6) is 0 Å². The van der Waals surface area contributed by atoms with Gasteiger partial charge in [0.25, 0.3) is 0 Å². The number of hydrogen-bond donors (Lipinski definition) is 1. The first kappa shape index (κ1) is 17.9. The molecule has 20 heavy (non-hydrogen) atoms. The van der Waals surface area contributed by atoms with Crippen molar-refractivity contribution in [1.82, 2.24) is 9.80 Å². The van der Waals surface area contributed by atoms with Crippen LogP contribution in [0.3, 0.4) is 0 Å². The van der Waals surface area contributed by atoms with Gasteiger partial charge in [-0.2, -0.15) is 0 Å². The smallest absolute Gasteiger partial charge is 0.0223 e. The van der Waals surface area contributed by atoms with Crippen molar-refractivity contribution in [3.63, 3.8) is 0 Å². The molecular weight excluding hydrogens is 246 g/mol. The SMILES string of the molecule is CCCC(CCN)CCCN(C)CC1CCCN1CC. The average molecular weight is 284 g/mol. The van der Waals surface area contributed by atoms with Crippen molar-refractivity contribution in [3.8, 4) is 0 Å². The molecule has 2 unspecified atom stereocenters. The maximum Gasteiger partial charge on any atom is 0.0223 e. The molecule has 0 radical (unpaired) electrons. The van der Waals surface area contributed by atoms with Crippen LogP contribution in [0.4, 0.5) is 0 Å². The average Bonchev–Trinajstić information content (AvgIpc) is 2.86. The molecule has 3 heteroatoms. The van der Waals surface area contributed by atoms with Gasteiger partial charge in [0.15, 0.2) is 0 Å². The van der Waals surface area contributed by atoms with E-state index in [9.17, 15) is 0 Å². The number of nitrogens with zero attached hydrogens (tertiary/aromatic N) is 2. The maximum atomic E-state index is 5.71. The van der Waals surface area contributed by atoms with E-state index in [0.717, 1.165) is 18.5 Å². The van der Waals surface area contributed by atoms with E-state index in [1.54, 1.807) is 0 Å². The van der Waals surface area contributed by atoms with E-state index in [-0.39, 0.29) is 0 Å². The van der Waals surface area contributed by atoms with E-state index in [0.29, 0.717) is 0 Å². The van der Waals surface area contributed by atoms with Gasteiger partial charge in [0, 0.05) is 12.6 Å². The second-order valence-electron chi connectivity index (χ2n) is 6.56. The Hall–Kier alpha value is -0.120. The van der Waals surface area contributed by atoms with Crippen molar-refractivity contribution in [1.29, 1.82) is 0 Å². The predicted molar refractivity (Wildman–Crippen MR) is 89.1 cm³/mol. The minimum atomic E-state index is 0.806. The lowest BCUT2D eigenvalue weighted by molar-refractivity contribution is 0.194. The third-order valence-electron chi connectivity index (χ3n) is 4.85. The van der Waals surface area contributed by atoms with E-state index >= 15 is 0 Å². The molecule has 0 bridgehead atoms. The molecule has 1 fully saturated rings. The number of hydrogen-bond acceptors (Lipinski definition) is 3. The lowest BCUT2D eigenvalue weighted by Gasteiger charge is -2.28. The van der Waals surface area contributed by atoms with Crippen molar-refractivity contribution in [2.45, 2.75) is 64.8 Å². The Bertz CT molecular complexity index is 226. The second-order valence-corrected chi connectivity index (χ2v) is 6.56. The van der Waals surface area contributed by atoms with E-state index in [4.69, 9.17) is 5.73 Å². The van der Waals surface area contributed by atoms with Crippen LogP contribution < -0.4 is 5.73 Å². The Morgan fingerprint density at radius 2 is 2.05 bits per heavy atom. The highest BCUT2D eigenvalue weighted by molar-refractivity contribution is 4.80. The van der Waals surface area contributed by atoms with Crippen molar-refractivity contribution in [3.05, 3.63) is 0 Å². The van der Waals surface area contributed by atoms with Crippen LogP contribution in [-0.4, -0.2) is 55.6 Å². The summed E-state index contributed by atoms with van der Waals surface area (Å²) in [5.41, 5.74) is 5.71. The summed E-state index contributed by atoms with van der Waals surface area (Å²) in [6.07, 6.45) is 9.34. The number of nitrogens with two attached hydrogens (primary N) is 1. The van der Waals surface area contributed by atoms with Crippen molar-refractivity contribution in [2.75, 3.05) is 39.8 Å². The molecular formula is C17H37N3. The van der Waals surface area contributed by atoms with E-state index in [1.165, 1.54) is 71.1 Å². The molecule has 1 aliphatic heterocycles. The third-order valence-corrected chi connectivity index (χ3v) is 4.85. The summed E-state index contributed by atoms with van der Waals surface area (Å²) in [7, 11) is 2.30. The van der Waals surface area contributed by atoms with Crippen LogP contribution in [0.1, 0.15) is 58.8 Å². The van der Waals surface area contributed by atoms with Crippen LogP contribution in [0, 0.1) is 5.92 Å². The summed E-state index contributed by atoms with van der Waals surface area (Å²) < 4.78 is 0. The van der Waals surface area contributed by atoms with Gasteiger partial charge in [0.2, 0.25) is 0 Å². The first-order chi connectivity index (χ1) is 9.71. The van der Waals surface area contributed by atoms with Crippen LogP contribution in [-0.2, 0) is 0 Å². The molecule has 2 N–H and O–H groups in total. The van der Waals surface area contributed by atoms with Gasteiger partial charge in [0.05, 0.1) is 0 Å². The molecule has 0 aliphatic carbocycles. The molecule has 0 aromatic rings. The van der Waals surface area contributed by atoms with Crippen molar-refractivity contribution >= 4 is 0 Å². The lowest BCUT2D eigenvalue weighted by atomic mass is 9.94. The molecule has 1 aliphatic rings. The summed E-state index contributed by atoms with van der Waals surface area (Å²) in [5, 5.41) is 0. The maximum absolute atomic E-state index is 5.71. The van der Waals surface area contributed by atoms with Gasteiger partial charge in [-0.25, -0.2) is 0 Å². The molecule has 0 aromatic heterocycles. The summed E-state index contributed by atoms with van der Waals surface area (Å²) in [5.74, 6) is 0.858. The fourth-order valence-electron chi connectivity index (χ4n) is 3.70. The van der Waals surface area contributed by atoms with E-state index in [1.807, 2.05) is 0 Å². The monoisotopic (exact) mass is 283 g/mol. The van der Waals surface area contributed by atoms with Gasteiger partial charge >= 0.3 is 0 Å². The van der Waals surface area contributed by atoms with E-state index < -0.39 is 0 Å². The Morgan fingerprint density at radius 3 is 2.70 bits per heavy atom. The Labute approximate surface area is 126 Å². The Balaban J connectivity index is 2.16. The molecule has 1 saturated heterocycles. The summed E-state index contributed by atoms with van der Waals surface area (Å²) in [4.78, 5) is 5.19. The highest BCUT2D eigenvalue weighted by atomic mass is 15.2. The zero-order valence-corrected chi connectivity index (χ0v) is 14.1. The van der Waals surface area contributed by atoms with Crippen LogP contribution in [0.25, 0.3) is 0 Å². The normalized spacial score (nSPS) is 21.8. The highest BCUT2D eigenvalue weighted by Crippen LogP contribution is 2.19. The van der Waals surface area contributed by atoms with Gasteiger partial charge in [0.1, 0.15) is 0 Å². The van der Waals surface area contributed by atoms with Crippen molar-refractivity contribution < 1.29 is 0 Å². The standard InChI is InChI=1S/C17H37N3/c1-4-8-16(11-12-18)9-6-13-19(3)15-17-10-7-14-20(17)5-2/h16-17H,4-15,18H2,1-3H3. The number of likely N-dealkylation sites (tertiary alicyclic amines) is 1. The second kappa shape index (κ2) is 10.6. The fourth-order valence-corrected chi connectivity index (χ4v) is 3.70. The van der Waals surface area contributed by atoms with Crippen molar-refractivity contribution in [2.24, 2.45) is 11.7 Å². The van der Waals surface area contributed by atoms with Crippen LogP contribution in [0.2, 0.25) is 0 Å². The Kier molecular flexibility index (Phi) is 9.49. The molecule has 1 rings (SSSR count). The topological polar surface area (TPSA) is 32.5 Å². The third kappa shape index (κ3) is 6.55. The first-order valence-electron chi connectivity index (χ1n) is 8.83. The molecule has 1 heterocycles. The molecule has 120 valence electrons. The summed E-state index contributed by atoms with van der Waals surface area (Å²) >= 11 is 0. The van der Waals surface area contributed by atoms with Crippen LogP contribution >= 0.6 is 0 Å². The zero-order valence-electron chi connectivity index (χ0n) is 14.1. The van der Waals surface area contributed by atoms with Gasteiger partial charge in [-0.15, -0.1) is 0 Å². The van der Waals surface area contributed by atoms with Crippen LogP contribution in [0.15, 0.2) is 0 Å². The van der Waals surface area contributed by atoms with Gasteiger partial charge in [-0.05, 0) is 71.2 Å². The molecule has 3 nitrogen and oxygen atoms in total. The molecule has 2 atom stereocenters. The highest BCUT2D eigenvalue weighted by Gasteiger charge is 2.23. The molecule has 0 saturated carbocycles. The zero-order chi connectivity index (χ0) is 14.8. The number of rotatable bonds is 11. The molecule has 0 aromatic carbocycles. The van der Waals surface area contributed by atoms with Gasteiger partial charge < -0.3 is 10.6 Å². The molecule has 0 spiro atoms. The summed E-state index contributed by atoms with van der Waals surface area (Å²) in [6.45, 7) is 10.5. The largest absolute Gasteiger partial charge is 0.330 e. The predicted octanol–water partition coefficient (Wildman–Crippen LogP) is 2.95. The van der Waals surface area contributed by atoms with E-state index in [2.05, 4.69) is 30.7 Å². The summed E-state index contributed by atoms with van der Waals surface area (Å²) in [6, 6.07) is 0.806. The Morgan fingerprint density at radius 1 is 1.25 bits per heavy atom. The fraction of sp³-hybridized carbons (Fsp3) is 1.00. The number of likely N-dealkylation sites (N-methyl/N-ethyl adjacent to an activating group) is 2. The molecule has 0 amide bonds. The van der Waals surface area contributed by atoms with Gasteiger partial charge in [-0.1, -0.05) is 26.7 Å².